The summed E-state index contributed by atoms with van der Waals surface area (Å²) >= 11 is 1.69. The lowest BCUT2D eigenvalue weighted by Gasteiger charge is -2.27. The number of amides is 1. The van der Waals surface area contributed by atoms with Crippen LogP contribution in [0.25, 0.3) is 0 Å². The molecule has 1 saturated carbocycles. The SMILES string of the molecule is CSCC[C@@H](N)C(=O)NCC1(O)CCCCCC1. The highest BCUT2D eigenvalue weighted by Gasteiger charge is 2.28. The second-order valence-electron chi connectivity index (χ2n) is 5.24. The lowest BCUT2D eigenvalue weighted by molar-refractivity contribution is -0.123. The molecule has 4 nitrogen and oxygen atoms in total. The normalized spacial score (nSPS) is 21.1. The van der Waals surface area contributed by atoms with Crippen LogP contribution in [0, 0.1) is 0 Å². The molecule has 1 rings (SSSR count). The molecule has 1 fully saturated rings. The van der Waals surface area contributed by atoms with E-state index in [2.05, 4.69) is 5.32 Å². The molecule has 0 aromatic heterocycles. The molecule has 1 atom stereocenters. The molecule has 0 unspecified atom stereocenters. The van der Waals surface area contributed by atoms with Gasteiger partial charge in [0.25, 0.3) is 0 Å². The summed E-state index contributed by atoms with van der Waals surface area (Å²) in [7, 11) is 0. The van der Waals surface area contributed by atoms with Crippen LogP contribution in [0.2, 0.25) is 0 Å². The van der Waals surface area contributed by atoms with E-state index in [-0.39, 0.29) is 5.91 Å². The van der Waals surface area contributed by atoms with E-state index in [4.69, 9.17) is 5.73 Å². The third-order valence-corrected chi connectivity index (χ3v) is 4.24. The molecule has 0 saturated heterocycles. The number of hydrogen-bond acceptors (Lipinski definition) is 4. The summed E-state index contributed by atoms with van der Waals surface area (Å²) < 4.78 is 0. The molecule has 0 aromatic carbocycles. The van der Waals surface area contributed by atoms with Crippen molar-refractivity contribution in [1.29, 1.82) is 0 Å². The van der Waals surface area contributed by atoms with Gasteiger partial charge in [0.1, 0.15) is 0 Å². The maximum absolute atomic E-state index is 11.8. The van der Waals surface area contributed by atoms with E-state index >= 15 is 0 Å². The lowest BCUT2D eigenvalue weighted by atomic mass is 9.94. The number of thioether (sulfide) groups is 1. The fourth-order valence-electron chi connectivity index (χ4n) is 2.32. The molecule has 1 aliphatic rings. The molecule has 18 heavy (non-hydrogen) atoms. The molecule has 0 heterocycles. The first-order valence-electron chi connectivity index (χ1n) is 6.82. The van der Waals surface area contributed by atoms with E-state index in [0.717, 1.165) is 31.4 Å². The van der Waals surface area contributed by atoms with Crippen LogP contribution in [-0.2, 0) is 4.79 Å². The molecule has 1 aliphatic carbocycles. The van der Waals surface area contributed by atoms with Crippen LogP contribution in [0.5, 0.6) is 0 Å². The van der Waals surface area contributed by atoms with Gasteiger partial charge in [-0.3, -0.25) is 4.79 Å². The average molecular weight is 274 g/mol. The van der Waals surface area contributed by atoms with Crippen LogP contribution in [0.1, 0.15) is 44.9 Å². The fourth-order valence-corrected chi connectivity index (χ4v) is 2.81. The molecule has 4 N–H and O–H groups in total. The van der Waals surface area contributed by atoms with Crippen LogP contribution in [0.3, 0.4) is 0 Å². The smallest absolute Gasteiger partial charge is 0.237 e. The third kappa shape index (κ3) is 5.59. The summed E-state index contributed by atoms with van der Waals surface area (Å²) in [5.41, 5.74) is 5.07. The zero-order chi connectivity index (χ0) is 13.4. The Bertz CT molecular complexity index is 253. The van der Waals surface area contributed by atoms with Crippen molar-refractivity contribution in [2.45, 2.75) is 56.6 Å². The van der Waals surface area contributed by atoms with Gasteiger partial charge in [-0.25, -0.2) is 0 Å². The van der Waals surface area contributed by atoms with Crippen molar-refractivity contribution in [3.05, 3.63) is 0 Å². The highest BCUT2D eigenvalue weighted by molar-refractivity contribution is 7.98. The molecule has 106 valence electrons. The summed E-state index contributed by atoms with van der Waals surface area (Å²) in [5, 5.41) is 13.2. The molecule has 0 bridgehead atoms. The lowest BCUT2D eigenvalue weighted by Crippen LogP contribution is -2.48. The van der Waals surface area contributed by atoms with Gasteiger partial charge in [0.05, 0.1) is 11.6 Å². The molecular formula is C13H26N2O2S. The Morgan fingerprint density at radius 2 is 2.00 bits per heavy atom. The minimum Gasteiger partial charge on any atom is -0.388 e. The number of carbonyl (C=O) groups excluding carboxylic acids is 1. The van der Waals surface area contributed by atoms with Crippen molar-refractivity contribution in [3.8, 4) is 0 Å². The van der Waals surface area contributed by atoms with Crippen LogP contribution >= 0.6 is 11.8 Å². The van der Waals surface area contributed by atoms with Crippen LogP contribution in [-0.4, -0.2) is 41.2 Å². The van der Waals surface area contributed by atoms with Gasteiger partial charge in [0.2, 0.25) is 5.91 Å². The van der Waals surface area contributed by atoms with Gasteiger partial charge >= 0.3 is 0 Å². The highest BCUT2D eigenvalue weighted by Crippen LogP contribution is 2.26. The van der Waals surface area contributed by atoms with Gasteiger partial charge in [-0.1, -0.05) is 25.7 Å². The van der Waals surface area contributed by atoms with Gasteiger partial charge < -0.3 is 16.2 Å². The molecule has 0 aromatic rings. The highest BCUT2D eigenvalue weighted by atomic mass is 32.2. The predicted molar refractivity (Wildman–Crippen MR) is 76.6 cm³/mol. The summed E-state index contributed by atoms with van der Waals surface area (Å²) in [5.74, 6) is 0.750. The summed E-state index contributed by atoms with van der Waals surface area (Å²) in [6.07, 6.45) is 8.72. The van der Waals surface area contributed by atoms with Crippen molar-refractivity contribution in [2.75, 3.05) is 18.6 Å². The molecule has 0 radical (unpaired) electrons. The predicted octanol–water partition coefficient (Wildman–Crippen LogP) is 1.27. The first kappa shape index (κ1) is 15.8. The topological polar surface area (TPSA) is 75.4 Å². The van der Waals surface area contributed by atoms with E-state index in [1.54, 1.807) is 11.8 Å². The Hall–Kier alpha value is -0.260. The zero-order valence-corrected chi connectivity index (χ0v) is 12.1. The van der Waals surface area contributed by atoms with E-state index in [1.165, 1.54) is 12.8 Å². The summed E-state index contributed by atoms with van der Waals surface area (Å²) in [4.78, 5) is 11.8. The van der Waals surface area contributed by atoms with Crippen molar-refractivity contribution in [2.24, 2.45) is 5.73 Å². The molecule has 5 heteroatoms. The summed E-state index contributed by atoms with van der Waals surface area (Å²) in [6, 6.07) is -0.452. The maximum atomic E-state index is 11.8. The van der Waals surface area contributed by atoms with Gasteiger partial charge in [0.15, 0.2) is 0 Å². The first-order valence-corrected chi connectivity index (χ1v) is 8.21. The van der Waals surface area contributed by atoms with Crippen LogP contribution < -0.4 is 11.1 Å². The van der Waals surface area contributed by atoms with Crippen molar-refractivity contribution >= 4 is 17.7 Å². The molecule has 0 aliphatic heterocycles. The van der Waals surface area contributed by atoms with Crippen molar-refractivity contribution < 1.29 is 9.90 Å². The monoisotopic (exact) mass is 274 g/mol. The van der Waals surface area contributed by atoms with E-state index in [0.29, 0.717) is 13.0 Å². The largest absolute Gasteiger partial charge is 0.388 e. The van der Waals surface area contributed by atoms with Crippen LogP contribution in [0.4, 0.5) is 0 Å². The Labute approximate surface area is 114 Å². The maximum Gasteiger partial charge on any atom is 0.237 e. The zero-order valence-electron chi connectivity index (χ0n) is 11.3. The Morgan fingerprint density at radius 3 is 2.56 bits per heavy atom. The molecule has 0 spiro atoms. The second-order valence-corrected chi connectivity index (χ2v) is 6.23. The minimum atomic E-state index is -0.717. The second kappa shape index (κ2) is 8.02. The van der Waals surface area contributed by atoms with Crippen molar-refractivity contribution in [1.82, 2.24) is 5.32 Å². The number of nitrogens with two attached hydrogens (primary N) is 1. The van der Waals surface area contributed by atoms with E-state index in [9.17, 15) is 9.90 Å². The van der Waals surface area contributed by atoms with Gasteiger partial charge in [-0.15, -0.1) is 0 Å². The third-order valence-electron chi connectivity index (χ3n) is 3.60. The van der Waals surface area contributed by atoms with Gasteiger partial charge in [0, 0.05) is 6.54 Å². The van der Waals surface area contributed by atoms with E-state index in [1.807, 2.05) is 6.26 Å². The molecular weight excluding hydrogens is 248 g/mol. The number of hydrogen-bond donors (Lipinski definition) is 3. The minimum absolute atomic E-state index is 0.137. The van der Waals surface area contributed by atoms with Crippen LogP contribution in [0.15, 0.2) is 0 Å². The number of aliphatic hydroxyl groups is 1. The summed E-state index contributed by atoms with van der Waals surface area (Å²) in [6.45, 7) is 0.346. The average Bonchev–Trinajstić information content (AvgIpc) is 2.58. The first-order chi connectivity index (χ1) is 8.57. The van der Waals surface area contributed by atoms with Crippen molar-refractivity contribution in [3.63, 3.8) is 0 Å². The number of carbonyl (C=O) groups is 1. The Balaban J connectivity index is 2.31. The Kier molecular flexibility index (Phi) is 7.04. The van der Waals surface area contributed by atoms with E-state index < -0.39 is 11.6 Å². The van der Waals surface area contributed by atoms with Gasteiger partial charge in [-0.2, -0.15) is 11.8 Å². The molecule has 1 amide bonds. The van der Waals surface area contributed by atoms with Gasteiger partial charge in [-0.05, 0) is 31.3 Å². The fraction of sp³-hybridized carbons (Fsp3) is 0.923. The number of nitrogens with one attached hydrogen (secondary N) is 1. The number of rotatable bonds is 6. The standard InChI is InChI=1S/C13H26N2O2S/c1-18-9-6-11(14)12(16)15-10-13(17)7-4-2-3-5-8-13/h11,17H,2-10,14H2,1H3,(H,15,16)/t11-/m1/s1. The Morgan fingerprint density at radius 1 is 1.39 bits per heavy atom. The quantitative estimate of drug-likeness (QED) is 0.638.